The van der Waals surface area contributed by atoms with Crippen molar-refractivity contribution < 1.29 is 9.34 Å². The van der Waals surface area contributed by atoms with E-state index >= 15 is 0 Å². The molecule has 0 amide bonds. The van der Waals surface area contributed by atoms with Gasteiger partial charge in [0, 0.05) is 18.2 Å². The topological polar surface area (TPSA) is 81.2 Å². The maximum Gasteiger partial charge on any atom is 0.295 e. The zero-order valence-electron chi connectivity index (χ0n) is 11.0. The van der Waals surface area contributed by atoms with Gasteiger partial charge in [0.1, 0.15) is 5.52 Å². The van der Waals surface area contributed by atoms with Crippen molar-refractivity contribution in [2.75, 3.05) is 5.32 Å². The number of nitro benzene ring substituents is 1. The number of benzene rings is 1. The van der Waals surface area contributed by atoms with E-state index in [2.05, 4.69) is 24.1 Å². The molecule has 102 valence electrons. The Labute approximate surface area is 111 Å². The van der Waals surface area contributed by atoms with Crippen molar-refractivity contribution in [2.24, 2.45) is 0 Å². The van der Waals surface area contributed by atoms with Crippen LogP contribution in [0.4, 0.5) is 11.7 Å². The van der Waals surface area contributed by atoms with Crippen molar-refractivity contribution in [1.29, 1.82) is 0 Å². The van der Waals surface area contributed by atoms with Crippen LogP contribution < -0.4 is 5.32 Å². The molecule has 0 aliphatic heterocycles. The van der Waals surface area contributed by atoms with Crippen LogP contribution in [0.15, 0.2) is 22.6 Å². The molecular weight excluding hydrogens is 246 g/mol. The summed E-state index contributed by atoms with van der Waals surface area (Å²) in [7, 11) is 0. The molecule has 1 aromatic heterocycles. The van der Waals surface area contributed by atoms with Crippen LogP contribution in [0.1, 0.15) is 33.1 Å². The standard InChI is InChI=1S/C13H17N3O3/c1-3-4-5-9(2)14-13-15-11-8-10(16(17)18)6-7-12(11)19-13/h6-9H,3-5H2,1-2H3,(H,14,15). The predicted molar refractivity (Wildman–Crippen MR) is 73.3 cm³/mol. The number of aromatic nitrogens is 1. The van der Waals surface area contributed by atoms with Gasteiger partial charge in [-0.3, -0.25) is 10.1 Å². The molecule has 0 saturated heterocycles. The van der Waals surface area contributed by atoms with Gasteiger partial charge in [-0.1, -0.05) is 19.8 Å². The summed E-state index contributed by atoms with van der Waals surface area (Å²) in [6, 6.07) is 5.09. The Morgan fingerprint density at radius 1 is 1.53 bits per heavy atom. The molecule has 1 aromatic carbocycles. The summed E-state index contributed by atoms with van der Waals surface area (Å²) >= 11 is 0. The third-order valence-corrected chi connectivity index (χ3v) is 2.94. The molecule has 1 unspecified atom stereocenters. The maximum atomic E-state index is 10.7. The van der Waals surface area contributed by atoms with Gasteiger partial charge >= 0.3 is 0 Å². The summed E-state index contributed by atoms with van der Waals surface area (Å²) in [5, 5.41) is 13.8. The van der Waals surface area contributed by atoms with Gasteiger partial charge in [-0.2, -0.15) is 4.98 Å². The summed E-state index contributed by atoms with van der Waals surface area (Å²) in [6.07, 6.45) is 3.32. The van der Waals surface area contributed by atoms with Gasteiger partial charge in [0.05, 0.1) is 4.92 Å². The minimum absolute atomic E-state index is 0.0198. The van der Waals surface area contributed by atoms with Gasteiger partial charge in [-0.15, -0.1) is 0 Å². The van der Waals surface area contributed by atoms with Crippen molar-refractivity contribution >= 4 is 22.8 Å². The van der Waals surface area contributed by atoms with E-state index in [1.807, 2.05) is 0 Å². The van der Waals surface area contributed by atoms with Crippen molar-refractivity contribution in [3.63, 3.8) is 0 Å². The smallest absolute Gasteiger partial charge is 0.295 e. The van der Waals surface area contributed by atoms with E-state index in [1.165, 1.54) is 12.1 Å². The van der Waals surface area contributed by atoms with E-state index in [9.17, 15) is 10.1 Å². The van der Waals surface area contributed by atoms with Gasteiger partial charge in [-0.25, -0.2) is 0 Å². The summed E-state index contributed by atoms with van der Waals surface area (Å²) in [4.78, 5) is 14.5. The van der Waals surface area contributed by atoms with Gasteiger partial charge in [0.25, 0.3) is 11.7 Å². The molecular formula is C13H17N3O3. The molecule has 2 rings (SSSR count). The second kappa shape index (κ2) is 5.69. The molecule has 6 heteroatoms. The number of hydrogen-bond donors (Lipinski definition) is 1. The average Bonchev–Trinajstić information content (AvgIpc) is 2.77. The number of unbranched alkanes of at least 4 members (excludes halogenated alkanes) is 1. The second-order valence-electron chi connectivity index (χ2n) is 4.62. The molecule has 0 saturated carbocycles. The third kappa shape index (κ3) is 3.21. The maximum absolute atomic E-state index is 10.7. The van der Waals surface area contributed by atoms with Crippen LogP contribution in [-0.4, -0.2) is 15.9 Å². The van der Waals surface area contributed by atoms with Gasteiger partial charge < -0.3 is 9.73 Å². The number of hydrogen-bond acceptors (Lipinski definition) is 5. The number of oxazole rings is 1. The highest BCUT2D eigenvalue weighted by Crippen LogP contribution is 2.24. The Morgan fingerprint density at radius 2 is 2.32 bits per heavy atom. The van der Waals surface area contributed by atoms with Gasteiger partial charge in [0.15, 0.2) is 5.58 Å². The minimum atomic E-state index is -0.439. The summed E-state index contributed by atoms with van der Waals surface area (Å²) in [6.45, 7) is 4.21. The van der Waals surface area contributed by atoms with E-state index < -0.39 is 4.92 Å². The van der Waals surface area contributed by atoms with Crippen LogP contribution in [0.5, 0.6) is 0 Å². The van der Waals surface area contributed by atoms with Crippen LogP contribution in [0.25, 0.3) is 11.1 Å². The molecule has 0 aliphatic carbocycles. The lowest BCUT2D eigenvalue weighted by atomic mass is 10.1. The fourth-order valence-electron chi connectivity index (χ4n) is 1.88. The number of non-ortho nitro benzene ring substituents is 1. The molecule has 19 heavy (non-hydrogen) atoms. The van der Waals surface area contributed by atoms with Crippen molar-refractivity contribution in [3.8, 4) is 0 Å². The van der Waals surface area contributed by atoms with E-state index in [1.54, 1.807) is 6.07 Å². The first-order chi connectivity index (χ1) is 9.10. The van der Waals surface area contributed by atoms with E-state index in [4.69, 9.17) is 4.42 Å². The number of anilines is 1. The van der Waals surface area contributed by atoms with Crippen molar-refractivity contribution in [1.82, 2.24) is 4.98 Å². The molecule has 0 fully saturated rings. The zero-order valence-corrected chi connectivity index (χ0v) is 11.0. The quantitative estimate of drug-likeness (QED) is 0.634. The predicted octanol–water partition coefficient (Wildman–Crippen LogP) is 3.73. The van der Waals surface area contributed by atoms with E-state index in [0.717, 1.165) is 19.3 Å². The lowest BCUT2D eigenvalue weighted by molar-refractivity contribution is -0.384. The molecule has 1 N–H and O–H groups in total. The third-order valence-electron chi connectivity index (χ3n) is 2.94. The highest BCUT2D eigenvalue weighted by molar-refractivity contribution is 5.77. The number of nitro groups is 1. The molecule has 0 aliphatic rings. The largest absolute Gasteiger partial charge is 0.424 e. The molecule has 0 bridgehead atoms. The van der Waals surface area contributed by atoms with Crippen LogP contribution in [-0.2, 0) is 0 Å². The van der Waals surface area contributed by atoms with Crippen molar-refractivity contribution in [3.05, 3.63) is 28.3 Å². The molecule has 0 radical (unpaired) electrons. The average molecular weight is 263 g/mol. The van der Waals surface area contributed by atoms with E-state index in [-0.39, 0.29) is 11.7 Å². The number of nitrogens with zero attached hydrogens (tertiary/aromatic N) is 2. The van der Waals surface area contributed by atoms with E-state index in [0.29, 0.717) is 17.1 Å². The van der Waals surface area contributed by atoms with Crippen LogP contribution >= 0.6 is 0 Å². The molecule has 1 heterocycles. The van der Waals surface area contributed by atoms with Crippen molar-refractivity contribution in [2.45, 2.75) is 39.2 Å². The minimum Gasteiger partial charge on any atom is -0.424 e. The first kappa shape index (κ1) is 13.3. The summed E-state index contributed by atoms with van der Waals surface area (Å²) in [5.74, 6) is 0. The fourth-order valence-corrected chi connectivity index (χ4v) is 1.88. The number of nitrogens with one attached hydrogen (secondary N) is 1. The molecule has 0 spiro atoms. The Kier molecular flexibility index (Phi) is 3.99. The van der Waals surface area contributed by atoms with Crippen LogP contribution in [0.3, 0.4) is 0 Å². The highest BCUT2D eigenvalue weighted by Gasteiger charge is 2.12. The Morgan fingerprint density at radius 3 is 3.00 bits per heavy atom. The Hall–Kier alpha value is -2.11. The Bertz CT molecular complexity index is 580. The van der Waals surface area contributed by atoms with Gasteiger partial charge in [0.2, 0.25) is 0 Å². The number of fused-ring (bicyclic) bond motifs is 1. The van der Waals surface area contributed by atoms with Gasteiger partial charge in [-0.05, 0) is 19.4 Å². The SMILES string of the molecule is CCCCC(C)Nc1nc2cc([N+](=O)[O-])ccc2o1. The van der Waals surface area contributed by atoms with Crippen LogP contribution in [0.2, 0.25) is 0 Å². The fraction of sp³-hybridized carbons (Fsp3) is 0.462. The molecule has 6 nitrogen and oxygen atoms in total. The monoisotopic (exact) mass is 263 g/mol. The summed E-state index contributed by atoms with van der Waals surface area (Å²) < 4.78 is 5.51. The first-order valence-electron chi connectivity index (χ1n) is 6.41. The normalized spacial score (nSPS) is 12.5. The molecule has 1 atom stereocenters. The zero-order chi connectivity index (χ0) is 13.8. The summed E-state index contributed by atoms with van der Waals surface area (Å²) in [5.41, 5.74) is 1.07. The Balaban J connectivity index is 2.15. The first-order valence-corrected chi connectivity index (χ1v) is 6.41. The molecule has 2 aromatic rings. The highest BCUT2D eigenvalue weighted by atomic mass is 16.6. The number of rotatable bonds is 6. The lowest BCUT2D eigenvalue weighted by Gasteiger charge is -2.10. The second-order valence-corrected chi connectivity index (χ2v) is 4.62. The lowest BCUT2D eigenvalue weighted by Crippen LogP contribution is -2.14. The van der Waals surface area contributed by atoms with Crippen LogP contribution in [0, 0.1) is 10.1 Å².